The lowest BCUT2D eigenvalue weighted by Crippen LogP contribution is -2.40. The Morgan fingerprint density at radius 2 is 2.15 bits per heavy atom. The number of esters is 1. The highest BCUT2D eigenvalue weighted by Crippen LogP contribution is 2.50. The fraction of sp³-hybridized carbons (Fsp3) is 0.588. The maximum Gasteiger partial charge on any atom is 0.302 e. The van der Waals surface area contributed by atoms with Gasteiger partial charge in [-0.2, -0.15) is 0 Å². The van der Waals surface area contributed by atoms with Crippen LogP contribution in [-0.2, 0) is 29.5 Å². The van der Waals surface area contributed by atoms with Gasteiger partial charge in [0.25, 0.3) is 0 Å². The maximum atomic E-state index is 11.5. The average Bonchev–Trinajstić information content (AvgIpc) is 3.25. The number of thioether (sulfide) groups is 1. The van der Waals surface area contributed by atoms with E-state index in [1.165, 1.54) is 36.3 Å². The Morgan fingerprint density at radius 3 is 2.85 bits per heavy atom. The van der Waals surface area contributed by atoms with Crippen LogP contribution in [0.3, 0.4) is 0 Å². The molecule has 2 aromatic heterocycles. The van der Waals surface area contributed by atoms with E-state index < -0.39 is 35.9 Å². The molecule has 0 saturated carbocycles. The first kappa shape index (κ1) is 19.0. The van der Waals surface area contributed by atoms with Crippen LogP contribution >= 0.6 is 23.1 Å². The van der Waals surface area contributed by atoms with Gasteiger partial charge in [0.15, 0.2) is 5.79 Å². The monoisotopic (exact) mass is 412 g/mol. The molecule has 4 atom stereocenters. The molecule has 0 radical (unpaired) electrons. The molecule has 146 valence electrons. The number of ether oxygens (including phenoxy) is 4. The topological polar surface area (TPSA) is 100 Å². The van der Waals surface area contributed by atoms with Crippen LogP contribution in [0.15, 0.2) is 16.7 Å². The van der Waals surface area contributed by atoms with Crippen LogP contribution in [0.5, 0.6) is 0 Å². The molecule has 0 spiro atoms. The first-order valence-corrected chi connectivity index (χ1v) is 10.5. The number of carbonyl (C=O) groups excluding carboxylic acids is 1. The Balaban J connectivity index is 1.76. The van der Waals surface area contributed by atoms with Crippen molar-refractivity contribution in [2.75, 3.05) is 12.9 Å². The van der Waals surface area contributed by atoms with Crippen molar-refractivity contribution in [2.45, 2.75) is 55.7 Å². The summed E-state index contributed by atoms with van der Waals surface area (Å²) in [6.07, 6.45) is 1.38. The van der Waals surface area contributed by atoms with Gasteiger partial charge in [-0.15, -0.1) is 23.1 Å². The number of aliphatic hydroxyl groups is 1. The van der Waals surface area contributed by atoms with Crippen molar-refractivity contribution in [2.24, 2.45) is 0 Å². The highest BCUT2D eigenvalue weighted by atomic mass is 32.2. The predicted octanol–water partition coefficient (Wildman–Crippen LogP) is 2.04. The lowest BCUT2D eigenvalue weighted by molar-refractivity contribution is -0.282. The van der Waals surface area contributed by atoms with Crippen molar-refractivity contribution in [3.8, 4) is 0 Å². The lowest BCUT2D eigenvalue weighted by Gasteiger charge is -2.29. The molecule has 2 aliphatic heterocycles. The van der Waals surface area contributed by atoms with Gasteiger partial charge in [-0.05, 0) is 20.1 Å². The molecule has 4 rings (SSSR count). The van der Waals surface area contributed by atoms with Crippen LogP contribution in [0.1, 0.15) is 25.6 Å². The minimum Gasteiger partial charge on any atom is -0.463 e. The van der Waals surface area contributed by atoms with Crippen LogP contribution in [0.25, 0.3) is 10.9 Å². The summed E-state index contributed by atoms with van der Waals surface area (Å²) in [7, 11) is 0. The van der Waals surface area contributed by atoms with Crippen LogP contribution in [0.2, 0.25) is 0 Å². The molecule has 2 saturated heterocycles. The van der Waals surface area contributed by atoms with E-state index in [1.807, 2.05) is 11.6 Å². The molecule has 8 nitrogen and oxygen atoms in total. The second kappa shape index (κ2) is 6.64. The highest BCUT2D eigenvalue weighted by molar-refractivity contribution is 7.98. The van der Waals surface area contributed by atoms with E-state index in [-0.39, 0.29) is 6.61 Å². The second-order valence-corrected chi connectivity index (χ2v) is 8.56. The van der Waals surface area contributed by atoms with E-state index in [2.05, 4.69) is 9.97 Å². The number of hydrogen-bond donors (Lipinski definition) is 1. The number of carbonyl (C=O) groups is 1. The third-order valence-electron chi connectivity index (χ3n) is 4.54. The first-order chi connectivity index (χ1) is 12.7. The second-order valence-electron chi connectivity index (χ2n) is 6.89. The van der Waals surface area contributed by atoms with Crippen LogP contribution in [0.4, 0.5) is 0 Å². The Hall–Kier alpha value is -1.30. The molecule has 0 bridgehead atoms. The molecule has 2 fully saturated rings. The molecule has 2 aliphatic rings. The van der Waals surface area contributed by atoms with E-state index >= 15 is 0 Å². The summed E-state index contributed by atoms with van der Waals surface area (Å²) in [4.78, 5) is 20.4. The molecule has 0 aliphatic carbocycles. The summed E-state index contributed by atoms with van der Waals surface area (Å²) >= 11 is 2.83. The molecule has 27 heavy (non-hydrogen) atoms. The molecule has 2 aromatic rings. The van der Waals surface area contributed by atoms with Gasteiger partial charge in [-0.3, -0.25) is 4.79 Å². The standard InChI is InChI=1S/C17H20N2O6S2/c1-8(20)22-5-10-12-13(25-16(2,3)24-12)17(21,23-10)14-11-9(6-27-14)15(26-4)19-7-18-11/h6-7,10,12-13,21H,5H2,1-4H3/t10-,12-,13-,17?/m1/s1. The molecule has 0 aromatic carbocycles. The third-order valence-corrected chi connectivity index (χ3v) is 6.33. The van der Waals surface area contributed by atoms with Gasteiger partial charge in [-0.25, -0.2) is 9.97 Å². The van der Waals surface area contributed by atoms with Gasteiger partial charge in [0, 0.05) is 17.7 Å². The van der Waals surface area contributed by atoms with E-state index in [0.29, 0.717) is 10.4 Å². The summed E-state index contributed by atoms with van der Waals surface area (Å²) in [6.45, 7) is 4.83. The minimum atomic E-state index is -1.76. The normalized spacial score (nSPS) is 32.0. The van der Waals surface area contributed by atoms with E-state index in [9.17, 15) is 9.90 Å². The molecule has 10 heteroatoms. The van der Waals surface area contributed by atoms with Gasteiger partial charge in [-0.1, -0.05) is 0 Å². The molecule has 0 amide bonds. The summed E-state index contributed by atoms with van der Waals surface area (Å²) in [5.41, 5.74) is 0.613. The number of thiophene rings is 1. The number of fused-ring (bicyclic) bond motifs is 2. The quantitative estimate of drug-likeness (QED) is 0.459. The fourth-order valence-electron chi connectivity index (χ4n) is 3.50. The van der Waals surface area contributed by atoms with Crippen LogP contribution in [-0.4, -0.2) is 58.0 Å². The largest absolute Gasteiger partial charge is 0.463 e. The van der Waals surface area contributed by atoms with Crippen LogP contribution in [0, 0.1) is 0 Å². The van der Waals surface area contributed by atoms with Gasteiger partial charge in [0.1, 0.15) is 36.3 Å². The number of nitrogens with zero attached hydrogens (tertiary/aromatic N) is 2. The summed E-state index contributed by atoms with van der Waals surface area (Å²) in [5, 5.41) is 15.1. The van der Waals surface area contributed by atoms with E-state index in [0.717, 1.165) is 10.4 Å². The summed E-state index contributed by atoms with van der Waals surface area (Å²) in [6, 6.07) is 0. The lowest BCUT2D eigenvalue weighted by atomic mass is 10.0. The maximum absolute atomic E-state index is 11.5. The Morgan fingerprint density at radius 1 is 1.37 bits per heavy atom. The Kier molecular flexibility index (Phi) is 4.68. The predicted molar refractivity (Wildman–Crippen MR) is 98.4 cm³/mol. The molecular weight excluding hydrogens is 392 g/mol. The van der Waals surface area contributed by atoms with Crippen molar-refractivity contribution in [1.82, 2.24) is 9.97 Å². The zero-order chi connectivity index (χ0) is 19.4. The summed E-state index contributed by atoms with van der Waals surface area (Å²) < 4.78 is 23.0. The fourth-order valence-corrected chi connectivity index (χ4v) is 5.17. The third kappa shape index (κ3) is 3.14. The minimum absolute atomic E-state index is 0.0351. The average molecular weight is 412 g/mol. The zero-order valence-corrected chi connectivity index (χ0v) is 16.9. The van der Waals surface area contributed by atoms with Gasteiger partial charge < -0.3 is 24.1 Å². The molecule has 4 heterocycles. The summed E-state index contributed by atoms with van der Waals surface area (Å²) in [5.74, 6) is -3.09. The van der Waals surface area contributed by atoms with Crippen molar-refractivity contribution in [1.29, 1.82) is 0 Å². The van der Waals surface area contributed by atoms with Crippen molar-refractivity contribution >= 4 is 40.0 Å². The smallest absolute Gasteiger partial charge is 0.302 e. The van der Waals surface area contributed by atoms with Gasteiger partial charge in [0.2, 0.25) is 5.79 Å². The molecule has 1 unspecified atom stereocenters. The van der Waals surface area contributed by atoms with Gasteiger partial charge in [0.05, 0.1) is 10.4 Å². The van der Waals surface area contributed by atoms with Gasteiger partial charge >= 0.3 is 5.97 Å². The van der Waals surface area contributed by atoms with Crippen molar-refractivity contribution < 1.29 is 28.8 Å². The number of hydrogen-bond acceptors (Lipinski definition) is 10. The van der Waals surface area contributed by atoms with Crippen LogP contribution < -0.4 is 0 Å². The van der Waals surface area contributed by atoms with E-state index in [1.54, 1.807) is 13.8 Å². The molecule has 1 N–H and O–H groups in total. The Bertz CT molecular complexity index is 887. The zero-order valence-electron chi connectivity index (χ0n) is 15.3. The van der Waals surface area contributed by atoms with Crippen molar-refractivity contribution in [3.05, 3.63) is 16.6 Å². The Labute approximate surface area is 164 Å². The molecular formula is C17H20N2O6S2. The SMILES string of the molecule is CSc1ncnc2c(C3(O)O[C@H](COC(C)=O)[C@H]4OC(C)(C)O[C@H]43)scc12. The number of rotatable bonds is 4. The van der Waals surface area contributed by atoms with Crippen molar-refractivity contribution in [3.63, 3.8) is 0 Å². The first-order valence-electron chi connectivity index (χ1n) is 8.41. The number of aromatic nitrogens is 2. The highest BCUT2D eigenvalue weighted by Gasteiger charge is 2.64. The van der Waals surface area contributed by atoms with E-state index in [4.69, 9.17) is 18.9 Å².